The molecule has 0 saturated heterocycles. The highest BCUT2D eigenvalue weighted by atomic mass is 16.5. The van der Waals surface area contributed by atoms with Crippen LogP contribution in [0.5, 0.6) is 5.75 Å². The Balaban J connectivity index is 1.54. The molecule has 0 fully saturated rings. The van der Waals surface area contributed by atoms with Gasteiger partial charge in [-0.3, -0.25) is 4.79 Å². The molecule has 0 amide bonds. The number of ether oxygens (including phenoxy) is 2. The summed E-state index contributed by atoms with van der Waals surface area (Å²) in [5, 5.41) is 13.4. The molecule has 0 spiro atoms. The maximum atomic E-state index is 12.5. The van der Waals surface area contributed by atoms with Gasteiger partial charge in [-0.15, -0.1) is 0 Å². The largest absolute Gasteiger partial charge is 0.491 e. The van der Waals surface area contributed by atoms with Gasteiger partial charge in [-0.05, 0) is 55.3 Å². The Morgan fingerprint density at radius 1 is 1.06 bits per heavy atom. The Bertz CT molecular complexity index is 1400. The number of rotatable bonds is 9. The first-order valence-corrected chi connectivity index (χ1v) is 11.2. The van der Waals surface area contributed by atoms with Crippen molar-refractivity contribution < 1.29 is 14.0 Å². The molecule has 0 atom stereocenters. The molecule has 0 aliphatic rings. The van der Waals surface area contributed by atoms with E-state index in [1.807, 2.05) is 62.4 Å². The van der Waals surface area contributed by atoms with E-state index in [-0.39, 0.29) is 5.56 Å². The van der Waals surface area contributed by atoms with Crippen molar-refractivity contribution in [2.24, 2.45) is 0 Å². The van der Waals surface area contributed by atoms with E-state index >= 15 is 0 Å². The van der Waals surface area contributed by atoms with Gasteiger partial charge < -0.3 is 18.6 Å². The fourth-order valence-corrected chi connectivity index (χ4v) is 3.51. The summed E-state index contributed by atoms with van der Waals surface area (Å²) in [5.74, 6) is 1.46. The van der Waals surface area contributed by atoms with Crippen LogP contribution in [0, 0.1) is 11.3 Å². The summed E-state index contributed by atoms with van der Waals surface area (Å²) >= 11 is 0. The third-order valence-electron chi connectivity index (χ3n) is 5.61. The van der Waals surface area contributed by atoms with Gasteiger partial charge in [0.05, 0.1) is 24.6 Å². The molecular weight excluding hydrogens is 444 g/mol. The molecule has 0 N–H and O–H groups in total. The fourth-order valence-electron chi connectivity index (χ4n) is 3.51. The molecule has 2 aromatic heterocycles. The van der Waals surface area contributed by atoms with Crippen molar-refractivity contribution in [2.45, 2.75) is 25.8 Å². The lowest BCUT2D eigenvalue weighted by molar-refractivity contribution is 0.146. The van der Waals surface area contributed by atoms with Crippen LogP contribution >= 0.6 is 0 Å². The second kappa shape index (κ2) is 10.4. The van der Waals surface area contributed by atoms with Crippen LogP contribution in [0.3, 0.4) is 0 Å². The maximum Gasteiger partial charge on any atom is 0.258 e. The van der Waals surface area contributed by atoms with Gasteiger partial charge >= 0.3 is 0 Å². The number of aromatic nitrogens is 3. The molecular formula is C27H26N4O4. The average molecular weight is 471 g/mol. The molecule has 0 bridgehead atoms. The van der Waals surface area contributed by atoms with Crippen LogP contribution in [-0.2, 0) is 16.7 Å². The van der Waals surface area contributed by atoms with E-state index in [2.05, 4.69) is 16.2 Å². The molecule has 0 unspecified atom stereocenters. The molecule has 0 aliphatic heterocycles. The van der Waals surface area contributed by atoms with E-state index in [9.17, 15) is 10.1 Å². The molecule has 178 valence electrons. The number of pyridine rings is 1. The van der Waals surface area contributed by atoms with Crippen molar-refractivity contribution in [1.82, 2.24) is 14.7 Å². The molecule has 2 heterocycles. The zero-order chi connectivity index (χ0) is 24.8. The zero-order valence-electron chi connectivity index (χ0n) is 19.9. The SMILES string of the molecule is COCCOc1cccc(Cn2cc(-c3noc(-c4ccc(C(C)(C)C#N)cc4)n3)ccc2=O)c1. The van der Waals surface area contributed by atoms with Crippen LogP contribution in [0.4, 0.5) is 0 Å². The predicted molar refractivity (Wildman–Crippen MR) is 131 cm³/mol. The number of hydrogen-bond acceptors (Lipinski definition) is 7. The first-order valence-electron chi connectivity index (χ1n) is 11.2. The van der Waals surface area contributed by atoms with E-state index in [1.165, 1.54) is 6.07 Å². The number of hydrogen-bond donors (Lipinski definition) is 0. The van der Waals surface area contributed by atoms with Gasteiger partial charge in [-0.25, -0.2) is 0 Å². The first-order chi connectivity index (χ1) is 16.9. The van der Waals surface area contributed by atoms with Crippen molar-refractivity contribution >= 4 is 0 Å². The van der Waals surface area contributed by atoms with Gasteiger partial charge in [-0.2, -0.15) is 10.2 Å². The third kappa shape index (κ3) is 5.65. The van der Waals surface area contributed by atoms with Gasteiger partial charge in [0.2, 0.25) is 5.82 Å². The van der Waals surface area contributed by atoms with E-state index in [4.69, 9.17) is 14.0 Å². The van der Waals surface area contributed by atoms with Gasteiger partial charge in [0.25, 0.3) is 11.4 Å². The number of methoxy groups -OCH3 is 1. The summed E-state index contributed by atoms with van der Waals surface area (Å²) in [7, 11) is 1.62. The van der Waals surface area contributed by atoms with E-state index in [1.54, 1.807) is 23.9 Å². The molecule has 0 saturated carbocycles. The average Bonchev–Trinajstić information content (AvgIpc) is 3.36. The van der Waals surface area contributed by atoms with Crippen molar-refractivity contribution in [3.8, 4) is 34.7 Å². The number of nitriles is 1. The highest BCUT2D eigenvalue weighted by Gasteiger charge is 2.20. The lowest BCUT2D eigenvalue weighted by Gasteiger charge is -2.15. The van der Waals surface area contributed by atoms with Crippen molar-refractivity contribution in [2.75, 3.05) is 20.3 Å². The smallest absolute Gasteiger partial charge is 0.258 e. The standard InChI is InChI=1S/C27H26N4O4/c1-27(2,18-28)22-10-7-20(8-11-22)26-29-25(30-35-26)21-9-12-24(32)31(17-21)16-19-5-4-6-23(15-19)34-14-13-33-3/h4-12,15,17H,13-14,16H2,1-3H3. The normalized spacial score (nSPS) is 11.3. The van der Waals surface area contributed by atoms with Crippen LogP contribution in [0.2, 0.25) is 0 Å². The first kappa shape index (κ1) is 23.9. The summed E-state index contributed by atoms with van der Waals surface area (Å²) in [6, 6.07) is 20.5. The van der Waals surface area contributed by atoms with Crippen molar-refractivity contribution in [3.63, 3.8) is 0 Å². The van der Waals surface area contributed by atoms with Gasteiger partial charge in [0.1, 0.15) is 12.4 Å². The molecule has 8 nitrogen and oxygen atoms in total. The van der Waals surface area contributed by atoms with Crippen LogP contribution in [0.15, 0.2) is 76.2 Å². The van der Waals surface area contributed by atoms with Crippen LogP contribution in [-0.4, -0.2) is 35.0 Å². The van der Waals surface area contributed by atoms with Gasteiger partial charge in [0.15, 0.2) is 0 Å². The van der Waals surface area contributed by atoms with E-state index in [0.29, 0.717) is 37.0 Å². The summed E-state index contributed by atoms with van der Waals surface area (Å²) < 4.78 is 17.7. The maximum absolute atomic E-state index is 12.5. The lowest BCUT2D eigenvalue weighted by Crippen LogP contribution is -2.19. The Morgan fingerprint density at radius 3 is 2.57 bits per heavy atom. The molecule has 0 aliphatic carbocycles. The minimum absolute atomic E-state index is 0.140. The second-order valence-corrected chi connectivity index (χ2v) is 8.61. The minimum atomic E-state index is -0.582. The molecule has 35 heavy (non-hydrogen) atoms. The third-order valence-corrected chi connectivity index (χ3v) is 5.61. The zero-order valence-corrected chi connectivity index (χ0v) is 19.9. The molecule has 4 rings (SSSR count). The van der Waals surface area contributed by atoms with Crippen molar-refractivity contribution in [3.05, 3.63) is 88.3 Å². The molecule has 2 aromatic carbocycles. The molecule has 0 radical (unpaired) electrons. The highest BCUT2D eigenvalue weighted by molar-refractivity contribution is 5.59. The van der Waals surface area contributed by atoms with Gasteiger partial charge in [-0.1, -0.05) is 29.4 Å². The topological polar surface area (TPSA) is 103 Å². The summed E-state index contributed by atoms with van der Waals surface area (Å²) in [4.78, 5) is 17.0. The number of benzene rings is 2. The summed E-state index contributed by atoms with van der Waals surface area (Å²) in [6.45, 7) is 5.06. The quantitative estimate of drug-likeness (QED) is 0.333. The lowest BCUT2D eigenvalue weighted by atomic mass is 9.86. The van der Waals surface area contributed by atoms with Crippen molar-refractivity contribution in [1.29, 1.82) is 5.26 Å². The Hall–Kier alpha value is -4.22. The Kier molecular flexibility index (Phi) is 7.09. The summed E-state index contributed by atoms with van der Waals surface area (Å²) in [5.41, 5.74) is 2.52. The molecule has 4 aromatic rings. The van der Waals surface area contributed by atoms with Gasteiger partial charge in [0, 0.05) is 30.5 Å². The monoisotopic (exact) mass is 470 g/mol. The van der Waals surface area contributed by atoms with E-state index < -0.39 is 5.41 Å². The highest BCUT2D eigenvalue weighted by Crippen LogP contribution is 2.26. The summed E-state index contributed by atoms with van der Waals surface area (Å²) in [6.07, 6.45) is 1.72. The fraction of sp³-hybridized carbons (Fsp3) is 0.259. The second-order valence-electron chi connectivity index (χ2n) is 8.61. The predicted octanol–water partition coefficient (Wildman–Crippen LogP) is 4.44. The van der Waals surface area contributed by atoms with E-state index in [0.717, 1.165) is 22.4 Å². The van der Waals surface area contributed by atoms with Crippen LogP contribution < -0.4 is 10.3 Å². The Labute approximate surface area is 203 Å². The van der Waals surface area contributed by atoms with Crippen LogP contribution in [0.1, 0.15) is 25.0 Å². The minimum Gasteiger partial charge on any atom is -0.491 e. The van der Waals surface area contributed by atoms with Crippen LogP contribution in [0.25, 0.3) is 22.8 Å². The number of nitrogens with zero attached hydrogens (tertiary/aromatic N) is 4. The Morgan fingerprint density at radius 2 is 1.83 bits per heavy atom. The molecule has 8 heteroatoms.